The minimum atomic E-state index is -1.03. The van der Waals surface area contributed by atoms with Crippen LogP contribution in [-0.4, -0.2) is 28.9 Å². The highest BCUT2D eigenvalue weighted by atomic mass is 16.6. The molecule has 108 valence electrons. The van der Waals surface area contributed by atoms with Crippen LogP contribution in [0.15, 0.2) is 12.1 Å². The van der Waals surface area contributed by atoms with E-state index >= 15 is 0 Å². The van der Waals surface area contributed by atoms with Gasteiger partial charge in [0.2, 0.25) is 0 Å². The third-order valence-corrected chi connectivity index (χ3v) is 2.84. The molecule has 0 aromatic heterocycles. The fourth-order valence-electron chi connectivity index (χ4n) is 2.03. The Morgan fingerprint density at radius 1 is 1.50 bits per heavy atom. The number of aromatic hydroxyl groups is 1. The molecule has 1 aliphatic rings. The lowest BCUT2D eigenvalue weighted by Gasteiger charge is -2.20. The van der Waals surface area contributed by atoms with Gasteiger partial charge >= 0.3 is 13.2 Å². The predicted octanol–water partition coefficient (Wildman–Crippen LogP) is 0.635. The summed E-state index contributed by atoms with van der Waals surface area (Å²) in [6.45, 7) is 5.79. The normalized spacial score (nSPS) is 14.1. The number of ether oxygens (including phenoxy) is 1. The van der Waals surface area contributed by atoms with Crippen LogP contribution in [0, 0.1) is 0 Å². The van der Waals surface area contributed by atoms with Crippen molar-refractivity contribution < 1.29 is 24.3 Å². The van der Waals surface area contributed by atoms with Crippen molar-refractivity contribution in [3.8, 4) is 5.75 Å². The van der Waals surface area contributed by atoms with E-state index < -0.39 is 18.8 Å². The smallest absolute Gasteiger partial charge is 0.491 e. The minimum Gasteiger partial charge on any atom is -0.508 e. The summed E-state index contributed by atoms with van der Waals surface area (Å²) in [7, 11) is -1.03. The van der Waals surface area contributed by atoms with E-state index in [9.17, 15) is 14.9 Å². The predicted molar refractivity (Wildman–Crippen MR) is 73.6 cm³/mol. The maximum absolute atomic E-state index is 11.6. The number of benzene rings is 1. The van der Waals surface area contributed by atoms with Gasteiger partial charge in [-0.05, 0) is 49.5 Å². The number of carbonyl (C=O) groups excluding carboxylic acids is 1. The first-order chi connectivity index (χ1) is 9.26. The molecular weight excluding hydrogens is 261 g/mol. The molecule has 1 aliphatic heterocycles. The lowest BCUT2D eigenvalue weighted by atomic mass is 9.78. The van der Waals surface area contributed by atoms with Crippen molar-refractivity contribution in [1.29, 1.82) is 0 Å². The van der Waals surface area contributed by atoms with Gasteiger partial charge in [0.25, 0.3) is 0 Å². The number of alkyl carbamates (subject to hydrolysis) is 1. The average molecular weight is 279 g/mol. The molecule has 1 aromatic rings. The van der Waals surface area contributed by atoms with E-state index in [1.807, 2.05) is 0 Å². The Balaban J connectivity index is 2.08. The van der Waals surface area contributed by atoms with Gasteiger partial charge in [-0.15, -0.1) is 0 Å². The van der Waals surface area contributed by atoms with Crippen molar-refractivity contribution in [2.75, 3.05) is 0 Å². The Morgan fingerprint density at radius 3 is 2.85 bits per heavy atom. The fourth-order valence-corrected chi connectivity index (χ4v) is 2.03. The van der Waals surface area contributed by atoms with E-state index in [-0.39, 0.29) is 18.9 Å². The quantitative estimate of drug-likeness (QED) is 0.691. The SMILES string of the molecule is CC(C)(C)OC(=O)NCc1cc(O)cc2c1COB2O. The van der Waals surface area contributed by atoms with Gasteiger partial charge in [-0.3, -0.25) is 0 Å². The molecule has 1 heterocycles. The molecule has 0 bridgehead atoms. The summed E-state index contributed by atoms with van der Waals surface area (Å²) in [6.07, 6.45) is -0.533. The zero-order valence-electron chi connectivity index (χ0n) is 11.8. The largest absolute Gasteiger partial charge is 0.508 e. The molecule has 7 heteroatoms. The first-order valence-electron chi connectivity index (χ1n) is 6.37. The van der Waals surface area contributed by atoms with Gasteiger partial charge in [0.05, 0.1) is 6.61 Å². The molecule has 0 spiro atoms. The molecule has 0 atom stereocenters. The average Bonchev–Trinajstić information content (AvgIpc) is 2.66. The molecule has 1 amide bonds. The van der Waals surface area contributed by atoms with Crippen LogP contribution in [0.4, 0.5) is 4.79 Å². The number of phenolic OH excluding ortho intramolecular Hbond substituents is 1. The Kier molecular flexibility index (Phi) is 3.92. The van der Waals surface area contributed by atoms with E-state index in [0.717, 1.165) is 5.56 Å². The third-order valence-electron chi connectivity index (χ3n) is 2.84. The molecule has 0 saturated carbocycles. The second-order valence-corrected chi connectivity index (χ2v) is 5.69. The van der Waals surface area contributed by atoms with Crippen molar-refractivity contribution in [2.24, 2.45) is 0 Å². The number of phenols is 1. The Hall–Kier alpha value is -1.73. The topological polar surface area (TPSA) is 88.0 Å². The number of nitrogens with one attached hydrogen (secondary N) is 1. The summed E-state index contributed by atoms with van der Waals surface area (Å²) < 4.78 is 10.2. The molecule has 1 aromatic carbocycles. The van der Waals surface area contributed by atoms with Crippen LogP contribution in [0.1, 0.15) is 31.9 Å². The number of hydrogen-bond donors (Lipinski definition) is 3. The maximum Gasteiger partial charge on any atom is 0.491 e. The number of amides is 1. The monoisotopic (exact) mass is 279 g/mol. The summed E-state index contributed by atoms with van der Waals surface area (Å²) in [5.41, 5.74) is 1.45. The van der Waals surface area contributed by atoms with Gasteiger partial charge in [0.15, 0.2) is 0 Å². The summed E-state index contributed by atoms with van der Waals surface area (Å²) in [5, 5.41) is 21.9. The molecule has 0 fully saturated rings. The van der Waals surface area contributed by atoms with Crippen LogP contribution >= 0.6 is 0 Å². The van der Waals surface area contributed by atoms with Gasteiger partial charge in [-0.1, -0.05) is 0 Å². The standard InChI is InChI=1S/C13H18BNO5/c1-13(2,3)20-12(17)15-6-8-4-9(16)5-11-10(8)7-19-14(11)18/h4-5,16,18H,6-7H2,1-3H3,(H,15,17). The molecule has 6 nitrogen and oxygen atoms in total. The lowest BCUT2D eigenvalue weighted by Crippen LogP contribution is -2.33. The van der Waals surface area contributed by atoms with Crippen LogP contribution < -0.4 is 10.8 Å². The summed E-state index contributed by atoms with van der Waals surface area (Å²) in [4.78, 5) is 11.6. The van der Waals surface area contributed by atoms with Crippen LogP contribution in [0.5, 0.6) is 5.75 Å². The van der Waals surface area contributed by atoms with Crippen molar-refractivity contribution in [3.05, 3.63) is 23.3 Å². The summed E-state index contributed by atoms with van der Waals surface area (Å²) in [5.74, 6) is 0.0225. The number of hydrogen-bond acceptors (Lipinski definition) is 5. The zero-order chi connectivity index (χ0) is 14.9. The van der Waals surface area contributed by atoms with E-state index in [1.54, 1.807) is 20.8 Å². The van der Waals surface area contributed by atoms with Gasteiger partial charge in [-0.25, -0.2) is 4.79 Å². The summed E-state index contributed by atoms with van der Waals surface area (Å²) >= 11 is 0. The van der Waals surface area contributed by atoms with Crippen molar-refractivity contribution in [1.82, 2.24) is 5.32 Å². The van der Waals surface area contributed by atoms with E-state index in [0.29, 0.717) is 11.0 Å². The number of rotatable bonds is 2. The van der Waals surface area contributed by atoms with E-state index in [1.165, 1.54) is 12.1 Å². The Morgan fingerprint density at radius 2 is 2.20 bits per heavy atom. The van der Waals surface area contributed by atoms with Crippen molar-refractivity contribution in [3.63, 3.8) is 0 Å². The van der Waals surface area contributed by atoms with Crippen LogP contribution in [-0.2, 0) is 22.5 Å². The molecular formula is C13H18BNO5. The van der Waals surface area contributed by atoms with Gasteiger partial charge in [-0.2, -0.15) is 0 Å². The molecule has 0 radical (unpaired) electrons. The first-order valence-corrected chi connectivity index (χ1v) is 6.37. The minimum absolute atomic E-state index is 0.0225. The molecule has 0 aliphatic carbocycles. The molecule has 20 heavy (non-hydrogen) atoms. The number of fused-ring (bicyclic) bond motifs is 1. The van der Waals surface area contributed by atoms with Crippen molar-refractivity contribution in [2.45, 2.75) is 39.5 Å². The van der Waals surface area contributed by atoms with Gasteiger partial charge in [0, 0.05) is 6.54 Å². The van der Waals surface area contributed by atoms with Gasteiger partial charge < -0.3 is 24.8 Å². The summed E-state index contributed by atoms with van der Waals surface area (Å²) in [6, 6.07) is 3.00. The Bertz CT molecular complexity index is 526. The van der Waals surface area contributed by atoms with Crippen LogP contribution in [0.25, 0.3) is 0 Å². The molecule has 2 rings (SSSR count). The molecule has 0 unspecified atom stereocenters. The van der Waals surface area contributed by atoms with Gasteiger partial charge in [0.1, 0.15) is 11.4 Å². The number of carbonyl (C=O) groups is 1. The highest BCUT2D eigenvalue weighted by molar-refractivity contribution is 6.61. The second-order valence-electron chi connectivity index (χ2n) is 5.69. The zero-order valence-corrected chi connectivity index (χ0v) is 11.8. The lowest BCUT2D eigenvalue weighted by molar-refractivity contribution is 0.0523. The third kappa shape index (κ3) is 3.43. The highest BCUT2D eigenvalue weighted by Gasteiger charge is 2.30. The van der Waals surface area contributed by atoms with E-state index in [2.05, 4.69) is 5.32 Å². The maximum atomic E-state index is 11.6. The van der Waals surface area contributed by atoms with Crippen LogP contribution in [0.2, 0.25) is 0 Å². The Labute approximate surface area is 117 Å². The van der Waals surface area contributed by atoms with Crippen molar-refractivity contribution >= 4 is 18.7 Å². The highest BCUT2D eigenvalue weighted by Crippen LogP contribution is 2.20. The van der Waals surface area contributed by atoms with E-state index in [4.69, 9.17) is 9.39 Å². The molecule has 3 N–H and O–H groups in total. The van der Waals surface area contributed by atoms with Crippen LogP contribution in [0.3, 0.4) is 0 Å². The first kappa shape index (κ1) is 14.7. The second kappa shape index (κ2) is 5.34. The molecule has 0 saturated heterocycles. The fraction of sp³-hybridized carbons (Fsp3) is 0.462.